The monoisotopic (exact) mass is 313 g/mol. The third-order valence-corrected chi connectivity index (χ3v) is 3.03. The Kier molecular flexibility index (Phi) is 6.36. The summed E-state index contributed by atoms with van der Waals surface area (Å²) in [6.45, 7) is 5.88. The van der Waals surface area contributed by atoms with Gasteiger partial charge in [0.05, 0.1) is 6.61 Å². The zero-order chi connectivity index (χ0) is 13.5. The number of carbonyl (C=O) groups excluding carboxylic acids is 1. The largest absolute Gasteiger partial charge is 0.383 e. The van der Waals surface area contributed by atoms with Crippen molar-refractivity contribution in [1.29, 1.82) is 0 Å². The summed E-state index contributed by atoms with van der Waals surface area (Å²) in [5, 5.41) is 0.771. The molecule has 1 amide bonds. The quantitative estimate of drug-likeness (QED) is 0.756. The van der Waals surface area contributed by atoms with Crippen molar-refractivity contribution in [1.82, 2.24) is 4.90 Å². The standard InChI is InChI=1S/C14H20BrNO2/c1-11-8-12(2)10-13(9-11)14(17)16(5-4-15)6-7-18-3/h8-10H,4-7H2,1-3H3. The highest BCUT2D eigenvalue weighted by Gasteiger charge is 2.15. The van der Waals surface area contributed by atoms with E-state index in [0.29, 0.717) is 19.7 Å². The van der Waals surface area contributed by atoms with Gasteiger partial charge in [0.1, 0.15) is 0 Å². The second kappa shape index (κ2) is 7.54. The molecular weight excluding hydrogens is 294 g/mol. The Morgan fingerprint density at radius 3 is 2.33 bits per heavy atom. The van der Waals surface area contributed by atoms with Crippen LogP contribution in [-0.4, -0.2) is 42.9 Å². The predicted octanol–water partition coefficient (Wildman–Crippen LogP) is 2.79. The van der Waals surface area contributed by atoms with Gasteiger partial charge in [-0.15, -0.1) is 0 Å². The van der Waals surface area contributed by atoms with Gasteiger partial charge in [-0.1, -0.05) is 33.1 Å². The lowest BCUT2D eigenvalue weighted by Gasteiger charge is -2.21. The van der Waals surface area contributed by atoms with Gasteiger partial charge in [0.2, 0.25) is 0 Å². The normalized spacial score (nSPS) is 10.4. The zero-order valence-electron chi connectivity index (χ0n) is 11.2. The maximum absolute atomic E-state index is 12.4. The number of rotatable bonds is 6. The van der Waals surface area contributed by atoms with Crippen molar-refractivity contribution in [3.63, 3.8) is 0 Å². The number of benzene rings is 1. The summed E-state index contributed by atoms with van der Waals surface area (Å²) in [5.74, 6) is 0.0679. The van der Waals surface area contributed by atoms with E-state index in [9.17, 15) is 4.79 Å². The Morgan fingerprint density at radius 1 is 1.22 bits per heavy atom. The molecule has 3 nitrogen and oxygen atoms in total. The molecule has 0 heterocycles. The van der Waals surface area contributed by atoms with Gasteiger partial charge in [-0.3, -0.25) is 4.79 Å². The van der Waals surface area contributed by atoms with Gasteiger partial charge in [0, 0.05) is 31.1 Å². The molecule has 0 spiro atoms. The number of aryl methyl sites for hydroxylation is 2. The van der Waals surface area contributed by atoms with Crippen molar-refractivity contribution in [3.8, 4) is 0 Å². The number of hydrogen-bond acceptors (Lipinski definition) is 2. The Balaban J connectivity index is 2.86. The first-order valence-corrected chi connectivity index (χ1v) is 7.13. The van der Waals surface area contributed by atoms with Crippen molar-refractivity contribution in [3.05, 3.63) is 34.9 Å². The Bertz CT molecular complexity index is 387. The fourth-order valence-electron chi connectivity index (χ4n) is 1.90. The van der Waals surface area contributed by atoms with Crippen molar-refractivity contribution >= 4 is 21.8 Å². The van der Waals surface area contributed by atoms with Crippen LogP contribution < -0.4 is 0 Å². The second-order valence-electron chi connectivity index (χ2n) is 4.35. The molecule has 18 heavy (non-hydrogen) atoms. The summed E-state index contributed by atoms with van der Waals surface area (Å²) in [6.07, 6.45) is 0. The highest BCUT2D eigenvalue weighted by molar-refractivity contribution is 9.09. The molecule has 1 rings (SSSR count). The number of nitrogens with zero attached hydrogens (tertiary/aromatic N) is 1. The van der Waals surface area contributed by atoms with Gasteiger partial charge in [-0.05, 0) is 26.0 Å². The summed E-state index contributed by atoms with van der Waals surface area (Å²) < 4.78 is 5.04. The number of hydrogen-bond donors (Lipinski definition) is 0. The fourth-order valence-corrected chi connectivity index (χ4v) is 2.33. The number of halogens is 1. The molecule has 0 bridgehead atoms. The molecule has 0 aromatic heterocycles. The molecule has 0 saturated carbocycles. The topological polar surface area (TPSA) is 29.5 Å². The van der Waals surface area contributed by atoms with E-state index in [0.717, 1.165) is 22.0 Å². The minimum atomic E-state index is 0.0679. The molecule has 1 aromatic carbocycles. The van der Waals surface area contributed by atoms with Crippen LogP contribution in [-0.2, 0) is 4.74 Å². The zero-order valence-corrected chi connectivity index (χ0v) is 12.8. The van der Waals surface area contributed by atoms with Gasteiger partial charge >= 0.3 is 0 Å². The van der Waals surface area contributed by atoms with E-state index < -0.39 is 0 Å². The number of carbonyl (C=O) groups is 1. The first kappa shape index (κ1) is 15.2. The lowest BCUT2D eigenvalue weighted by atomic mass is 10.1. The molecule has 0 unspecified atom stereocenters. The molecule has 1 aromatic rings. The van der Waals surface area contributed by atoms with E-state index in [1.165, 1.54) is 0 Å². The van der Waals surface area contributed by atoms with Crippen LogP contribution in [0.25, 0.3) is 0 Å². The lowest BCUT2D eigenvalue weighted by molar-refractivity contribution is 0.0708. The van der Waals surface area contributed by atoms with Gasteiger partial charge in [-0.2, -0.15) is 0 Å². The molecule has 0 aliphatic carbocycles. The molecule has 100 valence electrons. The summed E-state index contributed by atoms with van der Waals surface area (Å²) in [7, 11) is 1.65. The first-order valence-electron chi connectivity index (χ1n) is 6.01. The molecule has 4 heteroatoms. The maximum Gasteiger partial charge on any atom is 0.253 e. The number of amides is 1. The Labute approximate surface area is 117 Å². The van der Waals surface area contributed by atoms with Crippen LogP contribution in [0.5, 0.6) is 0 Å². The van der Waals surface area contributed by atoms with E-state index >= 15 is 0 Å². The van der Waals surface area contributed by atoms with Crippen LogP contribution >= 0.6 is 15.9 Å². The predicted molar refractivity (Wildman–Crippen MR) is 77.5 cm³/mol. The molecule has 0 atom stereocenters. The van der Waals surface area contributed by atoms with Gasteiger partial charge in [0.25, 0.3) is 5.91 Å². The van der Waals surface area contributed by atoms with E-state index in [2.05, 4.69) is 22.0 Å². The van der Waals surface area contributed by atoms with E-state index in [1.807, 2.05) is 30.9 Å². The molecule has 0 aliphatic heterocycles. The minimum absolute atomic E-state index is 0.0679. The Morgan fingerprint density at radius 2 is 1.83 bits per heavy atom. The van der Waals surface area contributed by atoms with Crippen LogP contribution in [0.1, 0.15) is 21.5 Å². The van der Waals surface area contributed by atoms with Crippen LogP contribution in [0.3, 0.4) is 0 Å². The van der Waals surface area contributed by atoms with Crippen LogP contribution in [0, 0.1) is 13.8 Å². The smallest absolute Gasteiger partial charge is 0.253 e. The summed E-state index contributed by atoms with van der Waals surface area (Å²) in [6, 6.07) is 5.94. The first-order chi connectivity index (χ1) is 8.58. The molecule has 0 N–H and O–H groups in total. The minimum Gasteiger partial charge on any atom is -0.383 e. The maximum atomic E-state index is 12.4. The third-order valence-electron chi connectivity index (χ3n) is 2.68. The third kappa shape index (κ3) is 4.42. The SMILES string of the molecule is COCCN(CCBr)C(=O)c1cc(C)cc(C)c1. The molecular formula is C14H20BrNO2. The molecule has 0 saturated heterocycles. The summed E-state index contributed by atoms with van der Waals surface area (Å²) in [5.41, 5.74) is 2.98. The van der Waals surface area contributed by atoms with Crippen molar-refractivity contribution in [2.75, 3.05) is 32.1 Å². The highest BCUT2D eigenvalue weighted by Crippen LogP contribution is 2.11. The molecule has 0 fully saturated rings. The highest BCUT2D eigenvalue weighted by atomic mass is 79.9. The van der Waals surface area contributed by atoms with Gasteiger partial charge in [0.15, 0.2) is 0 Å². The summed E-state index contributed by atoms with van der Waals surface area (Å²) in [4.78, 5) is 14.2. The van der Waals surface area contributed by atoms with E-state index in [1.54, 1.807) is 7.11 Å². The average Bonchev–Trinajstić information content (AvgIpc) is 2.32. The average molecular weight is 314 g/mol. The number of methoxy groups -OCH3 is 1. The van der Waals surface area contributed by atoms with Gasteiger partial charge in [-0.25, -0.2) is 0 Å². The number of alkyl halides is 1. The van der Waals surface area contributed by atoms with E-state index in [-0.39, 0.29) is 5.91 Å². The Hall–Kier alpha value is -0.870. The second-order valence-corrected chi connectivity index (χ2v) is 5.14. The summed E-state index contributed by atoms with van der Waals surface area (Å²) >= 11 is 3.38. The van der Waals surface area contributed by atoms with Crippen LogP contribution in [0.15, 0.2) is 18.2 Å². The van der Waals surface area contributed by atoms with Crippen molar-refractivity contribution < 1.29 is 9.53 Å². The molecule has 0 aliphatic rings. The van der Waals surface area contributed by atoms with Crippen molar-refractivity contribution in [2.24, 2.45) is 0 Å². The fraction of sp³-hybridized carbons (Fsp3) is 0.500. The van der Waals surface area contributed by atoms with Crippen LogP contribution in [0.4, 0.5) is 0 Å². The lowest BCUT2D eigenvalue weighted by Crippen LogP contribution is -2.35. The van der Waals surface area contributed by atoms with E-state index in [4.69, 9.17) is 4.74 Å². The van der Waals surface area contributed by atoms with Gasteiger partial charge < -0.3 is 9.64 Å². The van der Waals surface area contributed by atoms with Crippen LogP contribution in [0.2, 0.25) is 0 Å². The van der Waals surface area contributed by atoms with Crippen molar-refractivity contribution in [2.45, 2.75) is 13.8 Å². The number of ether oxygens (including phenoxy) is 1. The molecule has 0 radical (unpaired) electrons.